The van der Waals surface area contributed by atoms with E-state index in [4.69, 9.17) is 0 Å². The quantitative estimate of drug-likeness (QED) is 0.193. The number of rotatable bonds is 16. The Kier molecular flexibility index (Phi) is 13.0. The van der Waals surface area contributed by atoms with E-state index in [1.807, 2.05) is 0 Å². The van der Waals surface area contributed by atoms with Crippen molar-refractivity contribution in [2.75, 3.05) is 6.54 Å². The van der Waals surface area contributed by atoms with E-state index in [0.29, 0.717) is 6.17 Å². The molecule has 1 aliphatic rings. The van der Waals surface area contributed by atoms with Crippen molar-refractivity contribution in [1.82, 2.24) is 10.6 Å². The van der Waals surface area contributed by atoms with E-state index in [0.717, 1.165) is 17.4 Å². The molecule has 28 heavy (non-hydrogen) atoms. The van der Waals surface area contributed by atoms with E-state index in [9.17, 15) is 4.79 Å². The van der Waals surface area contributed by atoms with Crippen LogP contribution in [0.2, 0.25) is 0 Å². The summed E-state index contributed by atoms with van der Waals surface area (Å²) >= 11 is 0. The van der Waals surface area contributed by atoms with Crippen molar-refractivity contribution >= 4 is 5.91 Å². The lowest BCUT2D eigenvalue weighted by molar-refractivity contribution is -0.923. The molecule has 162 valence electrons. The van der Waals surface area contributed by atoms with Crippen LogP contribution >= 0.6 is 0 Å². The van der Waals surface area contributed by atoms with E-state index in [1.54, 1.807) is 6.92 Å². The summed E-state index contributed by atoms with van der Waals surface area (Å²) in [5.41, 5.74) is 0. The number of nitrogens with zero attached hydrogens (tertiary/aromatic N) is 1. The third-order valence-corrected chi connectivity index (χ3v) is 6.14. The van der Waals surface area contributed by atoms with Gasteiger partial charge in [-0.05, 0) is 39.0 Å². The molecule has 3 atom stereocenters. The van der Waals surface area contributed by atoms with Crippen LogP contribution in [0.4, 0.5) is 0 Å². The average Bonchev–Trinajstić information content (AvgIpc) is 3.09. The van der Waals surface area contributed by atoms with Crippen molar-refractivity contribution in [3.63, 3.8) is 0 Å². The van der Waals surface area contributed by atoms with E-state index in [1.165, 1.54) is 70.6 Å². The number of nitrogens with one attached hydrogen (secondary N) is 2. The molecule has 0 saturated heterocycles. The first-order valence-electron chi connectivity index (χ1n) is 11.8. The normalized spacial score (nSPS) is 22.5. The van der Waals surface area contributed by atoms with Gasteiger partial charge in [0.1, 0.15) is 6.20 Å². The topological polar surface area (TPSA) is 41.1 Å². The van der Waals surface area contributed by atoms with Crippen LogP contribution in [0.5, 0.6) is 0 Å². The summed E-state index contributed by atoms with van der Waals surface area (Å²) in [7, 11) is 0. The molecule has 3 unspecified atom stereocenters. The van der Waals surface area contributed by atoms with Crippen molar-refractivity contribution in [3.05, 3.63) is 24.6 Å². The molecular weight excluding hydrogens is 346 g/mol. The summed E-state index contributed by atoms with van der Waals surface area (Å²) in [5, 5.41) is 6.62. The van der Waals surface area contributed by atoms with Gasteiger partial charge in [0.05, 0.1) is 12.7 Å². The molecule has 1 amide bonds. The maximum Gasteiger partial charge on any atom is 0.221 e. The fourth-order valence-corrected chi connectivity index (χ4v) is 4.33. The molecule has 0 aliphatic carbocycles. The van der Waals surface area contributed by atoms with Gasteiger partial charge in [0, 0.05) is 20.3 Å². The largest absolute Gasteiger partial charge is 0.338 e. The number of hydrogen-bond donors (Lipinski definition) is 2. The number of carbonyl (C=O) groups excluding carboxylic acids is 1. The molecule has 0 saturated carbocycles. The molecule has 1 rings (SSSR count). The Hall–Kier alpha value is -1.29. The molecule has 0 bridgehead atoms. The minimum Gasteiger partial charge on any atom is -0.338 e. The van der Waals surface area contributed by atoms with Gasteiger partial charge < -0.3 is 10.6 Å². The third-order valence-electron chi connectivity index (χ3n) is 6.14. The van der Waals surface area contributed by atoms with Gasteiger partial charge in [-0.15, -0.1) is 0 Å². The van der Waals surface area contributed by atoms with Crippen LogP contribution in [0.15, 0.2) is 24.6 Å². The monoisotopic (exact) mass is 392 g/mol. The van der Waals surface area contributed by atoms with Crippen LogP contribution in [0, 0.1) is 0 Å². The lowest BCUT2D eigenvalue weighted by Crippen LogP contribution is -2.62. The van der Waals surface area contributed by atoms with Gasteiger partial charge >= 0.3 is 0 Å². The molecule has 0 aromatic heterocycles. The molecule has 0 spiro atoms. The van der Waals surface area contributed by atoms with Crippen LogP contribution in [0.25, 0.3) is 0 Å². The van der Waals surface area contributed by atoms with Gasteiger partial charge in [0.15, 0.2) is 12.3 Å². The summed E-state index contributed by atoms with van der Waals surface area (Å²) < 4.78 is 0.810. The minimum absolute atomic E-state index is 0.0494. The Balaban J connectivity index is 2.13. The zero-order valence-electron chi connectivity index (χ0n) is 19.0. The predicted molar refractivity (Wildman–Crippen MR) is 120 cm³/mol. The number of unbranched alkanes of at least 4 members (excludes halogenated alkanes) is 9. The highest BCUT2D eigenvalue weighted by Gasteiger charge is 2.41. The Bertz CT molecular complexity index is 474. The molecule has 2 N–H and O–H groups in total. The van der Waals surface area contributed by atoms with E-state index < -0.39 is 0 Å². The van der Waals surface area contributed by atoms with Gasteiger partial charge in [-0.2, -0.15) is 0 Å². The third kappa shape index (κ3) is 8.81. The second-order valence-electron chi connectivity index (χ2n) is 8.35. The van der Waals surface area contributed by atoms with Gasteiger partial charge in [-0.3, -0.25) is 9.28 Å². The number of hydrogen-bond acceptors (Lipinski definition) is 2. The zero-order valence-corrected chi connectivity index (χ0v) is 19.0. The summed E-state index contributed by atoms with van der Waals surface area (Å²) in [4.78, 5) is 11.5. The van der Waals surface area contributed by atoms with E-state index in [2.05, 4.69) is 56.0 Å². The van der Waals surface area contributed by atoms with Crippen molar-refractivity contribution in [1.29, 1.82) is 0 Å². The van der Waals surface area contributed by atoms with Crippen LogP contribution in [0.1, 0.15) is 105 Å². The highest BCUT2D eigenvalue weighted by Crippen LogP contribution is 2.26. The maximum atomic E-state index is 11.5. The molecule has 4 nitrogen and oxygen atoms in total. The molecule has 0 aromatic carbocycles. The number of amides is 1. The van der Waals surface area contributed by atoms with Gasteiger partial charge in [0.25, 0.3) is 0 Å². The first-order valence-corrected chi connectivity index (χ1v) is 11.8. The maximum absolute atomic E-state index is 11.5. The summed E-state index contributed by atoms with van der Waals surface area (Å²) in [6.07, 6.45) is 25.2. The van der Waals surface area contributed by atoms with Crippen molar-refractivity contribution in [2.24, 2.45) is 0 Å². The standard InChI is InChI=1S/C24H45N3O/c1-5-7-8-9-10-11-12-13-14-15-16-17-18-19-24-25-20-21-27(24,6-2)22(3)26-23(4)28/h10-11,20-22,24-25H,5-9,12-19H2,1-4H3/p+1/b11-10+. The number of quaternary nitrogens is 1. The highest BCUT2D eigenvalue weighted by molar-refractivity contribution is 5.72. The van der Waals surface area contributed by atoms with Crippen LogP contribution < -0.4 is 10.6 Å². The van der Waals surface area contributed by atoms with E-state index >= 15 is 0 Å². The first kappa shape index (κ1) is 24.7. The van der Waals surface area contributed by atoms with Crippen molar-refractivity contribution < 1.29 is 9.28 Å². The first-order chi connectivity index (χ1) is 13.6. The Labute approximate surface area is 174 Å². The smallest absolute Gasteiger partial charge is 0.221 e. The molecule has 0 aromatic rings. The lowest BCUT2D eigenvalue weighted by Gasteiger charge is -2.41. The van der Waals surface area contributed by atoms with Crippen LogP contribution in [-0.4, -0.2) is 29.3 Å². The van der Waals surface area contributed by atoms with Gasteiger partial charge in [-0.25, -0.2) is 0 Å². The van der Waals surface area contributed by atoms with Crippen LogP contribution in [-0.2, 0) is 4.79 Å². The summed E-state index contributed by atoms with van der Waals surface area (Å²) in [6, 6.07) is 0. The van der Waals surface area contributed by atoms with Gasteiger partial charge in [0.2, 0.25) is 5.91 Å². The Morgan fingerprint density at radius 2 is 1.64 bits per heavy atom. The second kappa shape index (κ2) is 14.7. The Morgan fingerprint density at radius 3 is 2.25 bits per heavy atom. The molecule has 0 fully saturated rings. The van der Waals surface area contributed by atoms with Gasteiger partial charge in [-0.1, -0.05) is 57.6 Å². The number of carbonyl (C=O) groups is 1. The molecule has 0 radical (unpaired) electrons. The predicted octanol–water partition coefficient (Wildman–Crippen LogP) is 5.96. The molecule has 4 heteroatoms. The molecular formula is C24H46N3O+. The molecule has 1 aliphatic heterocycles. The fraction of sp³-hybridized carbons (Fsp3) is 0.792. The number of allylic oxidation sites excluding steroid dienone is 2. The summed E-state index contributed by atoms with van der Waals surface area (Å²) in [6.45, 7) is 9.18. The lowest BCUT2D eigenvalue weighted by atomic mass is 10.1. The fourth-order valence-electron chi connectivity index (χ4n) is 4.33. The SMILES string of the molecule is CCCCC/C=C/CCCCCCCCC1NC=C[N+]1(CC)C(C)NC(C)=O. The van der Waals surface area contributed by atoms with E-state index in [-0.39, 0.29) is 12.1 Å². The Morgan fingerprint density at radius 1 is 1.04 bits per heavy atom. The van der Waals surface area contributed by atoms with Crippen molar-refractivity contribution in [3.8, 4) is 0 Å². The van der Waals surface area contributed by atoms with Crippen molar-refractivity contribution in [2.45, 2.75) is 117 Å². The zero-order chi connectivity index (χ0) is 20.7. The summed E-state index contributed by atoms with van der Waals surface area (Å²) in [5.74, 6) is 0.0494. The second-order valence-corrected chi connectivity index (χ2v) is 8.35. The molecule has 1 heterocycles. The van der Waals surface area contributed by atoms with Crippen LogP contribution in [0.3, 0.4) is 0 Å². The minimum atomic E-state index is 0.0494. The highest BCUT2D eigenvalue weighted by atomic mass is 16.1. The average molecular weight is 393 g/mol.